The molecule has 0 aliphatic rings. The summed E-state index contributed by atoms with van der Waals surface area (Å²) in [5.74, 6) is -1.19. The van der Waals surface area contributed by atoms with E-state index in [1.807, 2.05) is 0 Å². The lowest BCUT2D eigenvalue weighted by Crippen LogP contribution is -2.40. The van der Waals surface area contributed by atoms with E-state index >= 15 is 0 Å². The second-order valence-corrected chi connectivity index (χ2v) is 6.65. The number of hydrogen-bond donors (Lipinski definition) is 3. The monoisotopic (exact) mass is 333 g/mol. The maximum Gasteiger partial charge on any atom is 0.239 e. The zero-order valence-corrected chi connectivity index (χ0v) is 12.7. The van der Waals surface area contributed by atoms with Crippen LogP contribution in [0.3, 0.4) is 0 Å². The molecule has 0 aliphatic carbocycles. The fraction of sp³-hybridized carbons (Fsp3) is 0.333. The highest BCUT2D eigenvalue weighted by Gasteiger charge is 2.14. The fourth-order valence-corrected chi connectivity index (χ4v) is 2.68. The molecular weight excluding hydrogens is 318 g/mol. The van der Waals surface area contributed by atoms with Gasteiger partial charge < -0.3 is 16.4 Å². The molecule has 21 heavy (non-hydrogen) atoms. The van der Waals surface area contributed by atoms with Crippen molar-refractivity contribution in [2.75, 3.05) is 25.4 Å². The van der Waals surface area contributed by atoms with Gasteiger partial charge in [-0.1, -0.05) is 11.6 Å². The van der Waals surface area contributed by atoms with Crippen molar-refractivity contribution in [3.63, 3.8) is 0 Å². The number of nitrogens with two attached hydrogens (primary N) is 1. The van der Waals surface area contributed by atoms with Crippen LogP contribution in [0.4, 0.5) is 0 Å². The molecule has 9 heteroatoms. The summed E-state index contributed by atoms with van der Waals surface area (Å²) in [5, 5.41) is 5.12. The normalized spacial score (nSPS) is 11.0. The summed E-state index contributed by atoms with van der Waals surface area (Å²) in [7, 11) is -3.49. The van der Waals surface area contributed by atoms with E-state index in [0.29, 0.717) is 5.02 Å². The maximum absolute atomic E-state index is 12.0. The third-order valence-electron chi connectivity index (χ3n) is 2.50. The zero-order valence-electron chi connectivity index (χ0n) is 11.1. The Morgan fingerprint density at radius 3 is 2.29 bits per heavy atom. The van der Waals surface area contributed by atoms with Gasteiger partial charge >= 0.3 is 0 Å². The van der Waals surface area contributed by atoms with Gasteiger partial charge in [-0.2, -0.15) is 0 Å². The standard InChI is InChI=1S/C12H16ClN3O4S/c13-9-1-3-10(4-2-9)21(19,20)6-5-15-12(18)8-16-11(17)7-14/h1-4H,5-8,14H2,(H,15,18)(H,16,17). The summed E-state index contributed by atoms with van der Waals surface area (Å²) in [5.41, 5.74) is 5.06. The van der Waals surface area contributed by atoms with Crippen molar-refractivity contribution in [1.82, 2.24) is 10.6 Å². The Kier molecular flexibility index (Phi) is 6.60. The largest absolute Gasteiger partial charge is 0.354 e. The van der Waals surface area contributed by atoms with Crippen molar-refractivity contribution < 1.29 is 18.0 Å². The third kappa shape index (κ3) is 6.11. The number of amides is 2. The van der Waals surface area contributed by atoms with Crippen molar-refractivity contribution in [1.29, 1.82) is 0 Å². The molecule has 0 unspecified atom stereocenters. The molecule has 1 aromatic rings. The van der Waals surface area contributed by atoms with E-state index in [9.17, 15) is 18.0 Å². The van der Waals surface area contributed by atoms with Gasteiger partial charge in [0.25, 0.3) is 0 Å². The molecule has 1 rings (SSSR count). The second-order valence-electron chi connectivity index (χ2n) is 4.10. The number of benzene rings is 1. The molecule has 0 fully saturated rings. The zero-order chi connectivity index (χ0) is 15.9. The minimum absolute atomic E-state index is 0.0533. The van der Waals surface area contributed by atoms with E-state index in [2.05, 4.69) is 10.6 Å². The second kappa shape index (κ2) is 7.96. The molecule has 0 heterocycles. The van der Waals surface area contributed by atoms with Gasteiger partial charge in [-0.05, 0) is 24.3 Å². The van der Waals surface area contributed by atoms with E-state index in [0.717, 1.165) is 0 Å². The summed E-state index contributed by atoms with van der Waals surface area (Å²) >= 11 is 5.68. The highest BCUT2D eigenvalue weighted by molar-refractivity contribution is 7.91. The minimum Gasteiger partial charge on any atom is -0.354 e. The summed E-state index contributed by atoms with van der Waals surface area (Å²) in [6.45, 7) is -0.502. The predicted octanol–water partition coefficient (Wildman–Crippen LogP) is -0.695. The van der Waals surface area contributed by atoms with Gasteiger partial charge in [0.2, 0.25) is 11.8 Å². The summed E-state index contributed by atoms with van der Waals surface area (Å²) in [6.07, 6.45) is 0. The molecule has 0 aliphatic heterocycles. The van der Waals surface area contributed by atoms with Gasteiger partial charge in [-0.25, -0.2) is 8.42 Å². The van der Waals surface area contributed by atoms with Crippen molar-refractivity contribution >= 4 is 33.3 Å². The molecule has 0 bridgehead atoms. The number of halogens is 1. The summed E-state index contributed by atoms with van der Waals surface area (Å²) in [6, 6.07) is 5.77. The van der Waals surface area contributed by atoms with Crippen LogP contribution in [-0.4, -0.2) is 45.6 Å². The first kappa shape index (κ1) is 17.4. The molecule has 0 atom stereocenters. The number of sulfone groups is 1. The van der Waals surface area contributed by atoms with Crippen LogP contribution in [0.5, 0.6) is 0 Å². The Labute approximate surface area is 127 Å². The highest BCUT2D eigenvalue weighted by atomic mass is 35.5. The van der Waals surface area contributed by atoms with E-state index in [4.69, 9.17) is 17.3 Å². The van der Waals surface area contributed by atoms with Crippen LogP contribution in [0.15, 0.2) is 29.2 Å². The van der Waals surface area contributed by atoms with Crippen LogP contribution in [0, 0.1) is 0 Å². The van der Waals surface area contributed by atoms with Gasteiger partial charge in [0.05, 0.1) is 23.7 Å². The quantitative estimate of drug-likeness (QED) is 0.610. The van der Waals surface area contributed by atoms with E-state index in [-0.39, 0.29) is 30.3 Å². The molecular formula is C12H16ClN3O4S. The predicted molar refractivity (Wildman–Crippen MR) is 78.6 cm³/mol. The van der Waals surface area contributed by atoms with Crippen LogP contribution < -0.4 is 16.4 Å². The molecule has 0 spiro atoms. The van der Waals surface area contributed by atoms with E-state index in [1.54, 1.807) is 0 Å². The summed E-state index contributed by atoms with van der Waals surface area (Å²) in [4.78, 5) is 22.3. The Morgan fingerprint density at radius 1 is 1.10 bits per heavy atom. The average molecular weight is 334 g/mol. The van der Waals surface area contributed by atoms with Gasteiger partial charge in [-0.15, -0.1) is 0 Å². The third-order valence-corrected chi connectivity index (χ3v) is 4.48. The van der Waals surface area contributed by atoms with Crippen molar-refractivity contribution in [3.05, 3.63) is 29.3 Å². The minimum atomic E-state index is -3.49. The highest BCUT2D eigenvalue weighted by Crippen LogP contribution is 2.14. The Bertz CT molecular complexity index is 601. The molecule has 7 nitrogen and oxygen atoms in total. The van der Waals surface area contributed by atoms with Gasteiger partial charge in [0.1, 0.15) is 0 Å². The molecule has 4 N–H and O–H groups in total. The number of carbonyl (C=O) groups excluding carboxylic acids is 2. The first-order valence-electron chi connectivity index (χ1n) is 6.07. The number of hydrogen-bond acceptors (Lipinski definition) is 5. The Balaban J connectivity index is 2.42. The van der Waals surface area contributed by atoms with E-state index < -0.39 is 21.7 Å². The van der Waals surface area contributed by atoms with Crippen LogP contribution in [0.2, 0.25) is 5.02 Å². The van der Waals surface area contributed by atoms with Crippen LogP contribution in [-0.2, 0) is 19.4 Å². The number of nitrogens with one attached hydrogen (secondary N) is 2. The van der Waals surface area contributed by atoms with Crippen molar-refractivity contribution in [3.8, 4) is 0 Å². The number of carbonyl (C=O) groups is 2. The van der Waals surface area contributed by atoms with Crippen LogP contribution >= 0.6 is 11.6 Å². The molecule has 2 amide bonds. The Hall–Kier alpha value is -1.64. The topological polar surface area (TPSA) is 118 Å². The van der Waals surface area contributed by atoms with Gasteiger partial charge in [0, 0.05) is 11.6 Å². The molecule has 0 saturated carbocycles. The first-order chi connectivity index (χ1) is 9.85. The molecule has 0 saturated heterocycles. The van der Waals surface area contributed by atoms with Gasteiger partial charge in [0.15, 0.2) is 9.84 Å². The number of rotatable bonds is 7. The van der Waals surface area contributed by atoms with Crippen molar-refractivity contribution in [2.45, 2.75) is 4.90 Å². The maximum atomic E-state index is 12.0. The van der Waals surface area contributed by atoms with E-state index in [1.165, 1.54) is 24.3 Å². The average Bonchev–Trinajstić information content (AvgIpc) is 2.45. The fourth-order valence-electron chi connectivity index (χ4n) is 1.40. The van der Waals surface area contributed by atoms with Crippen LogP contribution in [0.1, 0.15) is 0 Å². The molecule has 116 valence electrons. The Morgan fingerprint density at radius 2 is 1.71 bits per heavy atom. The SMILES string of the molecule is NCC(=O)NCC(=O)NCCS(=O)(=O)c1ccc(Cl)cc1. The first-order valence-corrected chi connectivity index (χ1v) is 8.10. The smallest absolute Gasteiger partial charge is 0.239 e. The molecule has 0 radical (unpaired) electrons. The van der Waals surface area contributed by atoms with Crippen molar-refractivity contribution in [2.24, 2.45) is 5.73 Å². The lowest BCUT2D eigenvalue weighted by molar-refractivity contribution is -0.125. The lowest BCUT2D eigenvalue weighted by atomic mass is 10.4. The van der Waals surface area contributed by atoms with Crippen LogP contribution in [0.25, 0.3) is 0 Å². The lowest BCUT2D eigenvalue weighted by Gasteiger charge is -2.07. The summed E-state index contributed by atoms with van der Waals surface area (Å²) < 4.78 is 23.9. The van der Waals surface area contributed by atoms with Gasteiger partial charge in [-0.3, -0.25) is 9.59 Å². The molecule has 1 aromatic carbocycles. The molecule has 0 aromatic heterocycles.